The molecule has 16 nitrogen and oxygen atoms in total. The van der Waals surface area contributed by atoms with Crippen molar-refractivity contribution in [2.24, 2.45) is 0 Å². The molecule has 0 amide bonds. The first-order valence-electron chi connectivity index (χ1n) is 31.8. The zero-order valence-corrected chi connectivity index (χ0v) is 131. The monoisotopic (exact) mass is 5410 g/mol. The van der Waals surface area contributed by atoms with E-state index < -0.39 is 132 Å². The van der Waals surface area contributed by atoms with Gasteiger partial charge in [0.2, 0.25) is 0 Å². The van der Waals surface area contributed by atoms with E-state index in [4.69, 9.17) is 33.2 Å². The Morgan fingerprint density at radius 1 is 0.455 bits per heavy atom. The van der Waals surface area contributed by atoms with Crippen LogP contribution in [0.1, 0.15) is 114 Å². The molecular formula is C60H66I34N8O8S2. The summed E-state index contributed by atoms with van der Waals surface area (Å²) in [5.41, 5.74) is 9.00. The molecule has 4 unspecified atom stereocenters. The van der Waals surface area contributed by atoms with Crippen molar-refractivity contribution in [2.75, 3.05) is 70.4 Å². The number of para-hydroxylation sites is 2. The molecule has 4 atom stereocenters. The first-order chi connectivity index (χ1) is 53.1. The van der Waals surface area contributed by atoms with Crippen molar-refractivity contribution < 1.29 is 38.0 Å². The zero-order valence-electron chi connectivity index (χ0n) is 56.4. The molecule has 112 heavy (non-hydrogen) atoms. The van der Waals surface area contributed by atoms with Crippen LogP contribution in [0.15, 0.2) is 94.0 Å². The fraction of sp³-hybridized carbons (Fsp3) is 0.433. The van der Waals surface area contributed by atoms with E-state index in [0.29, 0.717) is 47.1 Å². The molecule has 2 saturated carbocycles. The van der Waals surface area contributed by atoms with Gasteiger partial charge in [-0.3, -0.25) is 9.80 Å². The number of aromatic carboxylic acids is 1. The zero-order chi connectivity index (χ0) is 79.5. The number of carboxylic acid groups (broad SMARTS) is 1. The number of thiazole rings is 2. The molecule has 4 aliphatic heterocycles. The minimum absolute atomic E-state index is 0. The summed E-state index contributed by atoms with van der Waals surface area (Å²) in [6.07, 6.45) is 11.2. The molecule has 8 aromatic rings. The maximum absolute atomic E-state index is 12.0. The summed E-state index contributed by atoms with van der Waals surface area (Å²) in [4.78, 5) is 43.5. The summed E-state index contributed by atoms with van der Waals surface area (Å²) in [6, 6.07) is 28.7. The molecule has 0 spiro atoms. The molecule has 14 rings (SSSR count). The predicted octanol–water partition coefficient (Wildman–Crippen LogP) is 41.7. The second kappa shape index (κ2) is 54.4. The third-order valence-corrected chi connectivity index (χ3v) is 2500. The number of piperazine rings is 2. The van der Waals surface area contributed by atoms with E-state index >= 15 is 0 Å². The molecule has 8 heterocycles. The number of benzene rings is 4. The molecular weight excluding hydrogens is 5340 g/mol. The SMILES string of the molecule is C.COC(=O)c1ccc2nc(N3C4CCC3CN(CCc3c(-c5ccccc5OC)noc3C3CC3)C4)sc2c1.COc1ccccc1-c1noc(C2CC2)c1CCN1CC2CCC(C1)N2c1nc2ccc(C(=O)O)cc2s1.II(I)I(I)I(I)I(I)I(I)I(I)I(I)I(I)I(I)I(I)I(I)I(I)I(I)I(I)I(I)I(I)I. The standard InChI is InChI=1S/C30H32N4O4S.C29H30N4O4S.CH4.I34/c1-36-25-6-4-3-5-22(25)27-23(28(38-32-27)18-7-8-18)13-14-33-16-20-10-11-21(17-33)34(20)30-31-24-12-9-19(29(35)37-2)15-26(24)39-30;1-36-24-5-3-2-4-21(24)26-22(27(37-31-26)17-6-7-17)12-13-32-15-19-9-10-20(16-32)33(19)29-30-23-11-8-18(28(34)35)14-25(23)38-29;;1-19(2)21(5)23(7)25(9)27(11)29(13)31(15)33(17)34(18)32(16)30(14)28(12)26(10)24(8)22(6)20(3)4/h3-6,9,12,15,18,20-21H,7-8,10-11,13-14,16-17H2,1-2H3;2-5,8,11,14,17,19-20H,6-7,9-10,12-13,15-16H2,1H3,(H,34,35);1H4;. The summed E-state index contributed by atoms with van der Waals surface area (Å²) < 4.78 is 30.0. The third kappa shape index (κ3) is 29.6. The molecule has 52 heteroatoms. The quantitative estimate of drug-likeness (QED) is 0.0321. The van der Waals surface area contributed by atoms with E-state index in [2.05, 4.69) is 377 Å². The van der Waals surface area contributed by atoms with Gasteiger partial charge in [-0.1, -0.05) is 64.7 Å². The van der Waals surface area contributed by atoms with Crippen molar-refractivity contribution in [3.05, 3.63) is 119 Å². The molecule has 0 radical (unpaired) electrons. The second-order valence-corrected chi connectivity index (χ2v) is 806. The molecule has 1 N–H and O–H groups in total. The Kier molecular flexibility index (Phi) is 53.6. The molecule has 4 aromatic carbocycles. The van der Waals surface area contributed by atoms with Crippen molar-refractivity contribution >= 4 is 527 Å². The van der Waals surface area contributed by atoms with Crippen LogP contribution in [0.4, 0.5) is 10.3 Å². The number of esters is 1. The van der Waals surface area contributed by atoms with Crippen LogP contribution in [-0.2, 0) is 17.6 Å². The van der Waals surface area contributed by atoms with Gasteiger partial charge in [0.25, 0.3) is 0 Å². The molecule has 4 aromatic heterocycles. The van der Waals surface area contributed by atoms with Crippen LogP contribution in [0.5, 0.6) is 11.5 Å². The molecule has 2 aliphatic carbocycles. The Morgan fingerprint density at radius 2 is 0.777 bits per heavy atom. The number of hydrogen-bond acceptors (Lipinski definition) is 17. The van der Waals surface area contributed by atoms with Crippen molar-refractivity contribution in [1.29, 1.82) is 0 Å². The Morgan fingerprint density at radius 3 is 1.09 bits per heavy atom. The third-order valence-electron chi connectivity index (χ3n) is 17.8. The van der Waals surface area contributed by atoms with Crippen molar-refractivity contribution in [1.82, 2.24) is 30.1 Å². The first kappa shape index (κ1) is 110. The predicted molar refractivity (Wildman–Crippen MR) is 781 cm³/mol. The molecule has 6 fully saturated rings. The van der Waals surface area contributed by atoms with Crippen LogP contribution < -0.4 is 19.3 Å². The van der Waals surface area contributed by atoms with Gasteiger partial charge in [0.05, 0.1) is 52.9 Å². The van der Waals surface area contributed by atoms with Crippen molar-refractivity contribution in [3.8, 4) is 34.0 Å². The van der Waals surface area contributed by atoms with Crippen LogP contribution >= 0.6 is 484 Å². The number of carbonyl (C=O) groups is 2. The Hall–Kier alpha value is 18.0. The summed E-state index contributed by atoms with van der Waals surface area (Å²) in [5.74, 6) is 3.56. The van der Waals surface area contributed by atoms with E-state index in [1.54, 1.807) is 55.1 Å². The summed E-state index contributed by atoms with van der Waals surface area (Å²) in [5, 5.41) is 20.5. The number of methoxy groups -OCH3 is 3. The number of rotatable bonds is 31. The number of hydrogen-bond donors (Lipinski definition) is 1. The fourth-order valence-electron chi connectivity index (χ4n) is 12.9. The minimum atomic E-state index is -0.901. The van der Waals surface area contributed by atoms with Gasteiger partial charge in [0.15, 0.2) is 10.3 Å². The number of anilines is 2. The summed E-state index contributed by atoms with van der Waals surface area (Å²) in [6.45, 7) is 5.99. The van der Waals surface area contributed by atoms with Gasteiger partial charge >= 0.3 is 473 Å². The Labute approximate surface area is 895 Å². The summed E-state index contributed by atoms with van der Waals surface area (Å²) in [7, 11) is -2.89. The summed E-state index contributed by atoms with van der Waals surface area (Å²) >= 11 is 60.5. The van der Waals surface area contributed by atoms with Crippen LogP contribution in [0, 0.1) is 0 Å². The molecule has 644 valence electrons. The average molecular weight is 5410 g/mol. The fourth-order valence-corrected chi connectivity index (χ4v) is 5880. The number of aromatic nitrogens is 4. The van der Waals surface area contributed by atoms with E-state index in [-0.39, 0.29) is 13.4 Å². The Bertz CT molecular complexity index is 4410. The van der Waals surface area contributed by atoms with Gasteiger partial charge in [-0.2, -0.15) is 0 Å². The van der Waals surface area contributed by atoms with Gasteiger partial charge in [-0.15, -0.1) is 0 Å². The average Bonchev–Trinajstić information content (AvgIpc) is 1.63. The molecule has 4 bridgehead atoms. The van der Waals surface area contributed by atoms with Crippen molar-refractivity contribution in [2.45, 2.75) is 108 Å². The molecule has 6 aliphatic rings. The van der Waals surface area contributed by atoms with Crippen LogP contribution in [-0.4, -0.2) is 132 Å². The van der Waals surface area contributed by atoms with E-state index in [0.717, 1.165) is 141 Å². The van der Waals surface area contributed by atoms with Gasteiger partial charge < -0.3 is 38.2 Å². The van der Waals surface area contributed by atoms with Crippen LogP contribution in [0.25, 0.3) is 42.9 Å². The number of carbonyl (C=O) groups excluding carboxylic acids is 1. The molecule has 4 saturated heterocycles. The van der Waals surface area contributed by atoms with Gasteiger partial charge in [-0.05, 0) is 125 Å². The van der Waals surface area contributed by atoms with Gasteiger partial charge in [0.1, 0.15) is 34.4 Å². The van der Waals surface area contributed by atoms with Gasteiger partial charge in [0, 0.05) is 97.5 Å². The van der Waals surface area contributed by atoms with Crippen molar-refractivity contribution in [3.63, 3.8) is 0 Å². The number of likely N-dealkylation sites (tertiary alicyclic amines) is 2. The number of ether oxygens (including phenoxy) is 3. The normalized spacial score (nSPS) is 20.2. The van der Waals surface area contributed by atoms with Crippen LogP contribution in [0.2, 0.25) is 0 Å². The number of nitrogens with zero attached hydrogens (tertiary/aromatic N) is 8. The van der Waals surface area contributed by atoms with E-state index in [1.165, 1.54) is 56.8 Å². The van der Waals surface area contributed by atoms with E-state index in [9.17, 15) is 14.7 Å². The number of halogens is 34. The van der Waals surface area contributed by atoms with Gasteiger partial charge in [-0.25, -0.2) is 19.6 Å². The maximum atomic E-state index is 12.0. The Balaban J connectivity index is 0.000000166. The first-order valence-corrected chi connectivity index (χ1v) is 241. The van der Waals surface area contributed by atoms with E-state index in [1.807, 2.05) is 54.6 Å². The van der Waals surface area contributed by atoms with Crippen LogP contribution in [0.3, 0.4) is 0 Å². The number of carboxylic acids is 1. The second-order valence-electron chi connectivity index (χ2n) is 24.0. The number of fused-ring (bicyclic) bond motifs is 6. The topological polar surface area (TPSA) is 173 Å².